The van der Waals surface area contributed by atoms with Gasteiger partial charge in [-0.25, -0.2) is 0 Å². The number of anilines is 1. The monoisotopic (exact) mass is 201 g/mol. The van der Waals surface area contributed by atoms with Crippen LogP contribution in [0.2, 0.25) is 0 Å². The molecule has 1 aromatic rings. The molecule has 74 valence electrons. The van der Waals surface area contributed by atoms with Crippen LogP contribution >= 0.6 is 0 Å². The molecule has 0 aromatic carbocycles. The van der Waals surface area contributed by atoms with Gasteiger partial charge in [-0.1, -0.05) is 0 Å². The summed E-state index contributed by atoms with van der Waals surface area (Å²) in [6.45, 7) is 0. The Morgan fingerprint density at radius 2 is 1.77 bits per heavy atom. The summed E-state index contributed by atoms with van der Waals surface area (Å²) in [5, 5.41) is 4.53. The molecular formula is C5H4F5N3. The molecule has 0 spiro atoms. The van der Waals surface area contributed by atoms with Crippen LogP contribution in [0.25, 0.3) is 0 Å². The number of aromatic nitrogens is 2. The molecule has 0 atom stereocenters. The standard InChI is InChI=1S/C5H4F5N3/c6-4(7,5(8,9)10)2-1-3(11)13-12-2/h1H,(H3,11,12,13). The minimum absolute atomic E-state index is 0.348. The van der Waals surface area contributed by atoms with E-state index in [9.17, 15) is 22.0 Å². The van der Waals surface area contributed by atoms with Crippen molar-refractivity contribution in [3.63, 3.8) is 0 Å². The summed E-state index contributed by atoms with van der Waals surface area (Å²) in [5.74, 6) is -5.32. The summed E-state index contributed by atoms with van der Waals surface area (Å²) in [6, 6.07) is 0.438. The van der Waals surface area contributed by atoms with Gasteiger partial charge in [0.25, 0.3) is 0 Å². The van der Waals surface area contributed by atoms with Gasteiger partial charge in [0, 0.05) is 6.07 Å². The fraction of sp³-hybridized carbons (Fsp3) is 0.400. The number of hydrogen-bond acceptors (Lipinski definition) is 2. The zero-order chi connectivity index (χ0) is 10.3. The molecule has 0 amide bonds. The normalized spacial score (nSPS) is 13.3. The molecule has 0 unspecified atom stereocenters. The minimum Gasteiger partial charge on any atom is -0.384 e. The third-order valence-electron chi connectivity index (χ3n) is 1.28. The van der Waals surface area contributed by atoms with Gasteiger partial charge in [0.2, 0.25) is 0 Å². The fourth-order valence-electron chi connectivity index (χ4n) is 0.643. The highest BCUT2D eigenvalue weighted by atomic mass is 19.4. The second-order valence-corrected chi connectivity index (χ2v) is 2.28. The third kappa shape index (κ3) is 1.56. The Bertz CT molecular complexity index is 301. The lowest BCUT2D eigenvalue weighted by Gasteiger charge is -2.16. The van der Waals surface area contributed by atoms with E-state index in [2.05, 4.69) is 5.10 Å². The molecule has 0 fully saturated rings. The first kappa shape index (κ1) is 9.75. The van der Waals surface area contributed by atoms with E-state index in [1.807, 2.05) is 0 Å². The summed E-state index contributed by atoms with van der Waals surface area (Å²) in [5.41, 5.74) is 3.47. The van der Waals surface area contributed by atoms with Gasteiger partial charge in [0.15, 0.2) is 0 Å². The van der Waals surface area contributed by atoms with Gasteiger partial charge in [-0.05, 0) is 0 Å². The number of nitrogen functional groups attached to an aromatic ring is 1. The summed E-state index contributed by atoms with van der Waals surface area (Å²) in [6.07, 6.45) is -5.66. The van der Waals surface area contributed by atoms with Crippen molar-refractivity contribution in [3.05, 3.63) is 11.8 Å². The van der Waals surface area contributed by atoms with Gasteiger partial charge < -0.3 is 5.73 Å². The molecule has 0 bridgehead atoms. The van der Waals surface area contributed by atoms with Crippen LogP contribution in [-0.4, -0.2) is 16.4 Å². The number of aromatic amines is 1. The number of hydrogen-bond donors (Lipinski definition) is 2. The van der Waals surface area contributed by atoms with Crippen LogP contribution in [0.5, 0.6) is 0 Å². The summed E-state index contributed by atoms with van der Waals surface area (Å²) < 4.78 is 59.9. The molecule has 0 saturated heterocycles. The smallest absolute Gasteiger partial charge is 0.384 e. The van der Waals surface area contributed by atoms with Crippen LogP contribution in [0.1, 0.15) is 5.69 Å². The molecule has 0 saturated carbocycles. The van der Waals surface area contributed by atoms with Crippen LogP contribution in [-0.2, 0) is 5.92 Å². The van der Waals surface area contributed by atoms with Gasteiger partial charge in [-0.2, -0.15) is 27.1 Å². The Hall–Kier alpha value is -1.34. The Morgan fingerprint density at radius 1 is 1.23 bits per heavy atom. The van der Waals surface area contributed by atoms with Crippen molar-refractivity contribution >= 4 is 5.82 Å². The first-order valence-electron chi connectivity index (χ1n) is 3.01. The van der Waals surface area contributed by atoms with Crippen molar-refractivity contribution in [3.8, 4) is 0 Å². The van der Waals surface area contributed by atoms with Gasteiger partial charge in [0.05, 0.1) is 0 Å². The SMILES string of the molecule is Nc1cc(C(F)(F)C(F)(F)F)n[nH]1. The van der Waals surface area contributed by atoms with E-state index in [1.165, 1.54) is 0 Å². The van der Waals surface area contributed by atoms with E-state index in [0.29, 0.717) is 6.07 Å². The average Bonchev–Trinajstić information content (AvgIpc) is 2.33. The first-order valence-corrected chi connectivity index (χ1v) is 3.01. The topological polar surface area (TPSA) is 54.7 Å². The molecule has 0 aliphatic rings. The van der Waals surface area contributed by atoms with Crippen LogP contribution in [0.4, 0.5) is 27.8 Å². The summed E-state index contributed by atoms with van der Waals surface area (Å²) in [4.78, 5) is 0. The van der Waals surface area contributed by atoms with E-state index < -0.39 is 17.8 Å². The highest BCUT2D eigenvalue weighted by Crippen LogP contribution is 2.43. The molecule has 1 heterocycles. The molecule has 1 aromatic heterocycles. The van der Waals surface area contributed by atoms with E-state index in [-0.39, 0.29) is 5.82 Å². The number of halogens is 5. The van der Waals surface area contributed by atoms with Gasteiger partial charge >= 0.3 is 12.1 Å². The molecule has 13 heavy (non-hydrogen) atoms. The lowest BCUT2D eigenvalue weighted by molar-refractivity contribution is -0.290. The maximum atomic E-state index is 12.4. The number of rotatable bonds is 1. The predicted molar refractivity (Wildman–Crippen MR) is 32.9 cm³/mol. The molecule has 8 heteroatoms. The van der Waals surface area contributed by atoms with Crippen LogP contribution in [0.3, 0.4) is 0 Å². The van der Waals surface area contributed by atoms with E-state index >= 15 is 0 Å². The number of alkyl halides is 5. The summed E-state index contributed by atoms with van der Waals surface area (Å²) in [7, 11) is 0. The average molecular weight is 201 g/mol. The Morgan fingerprint density at radius 3 is 2.08 bits per heavy atom. The molecule has 0 aliphatic carbocycles. The second kappa shape index (κ2) is 2.57. The first-order chi connectivity index (χ1) is 5.75. The van der Waals surface area contributed by atoms with E-state index in [0.717, 1.165) is 0 Å². The predicted octanol–water partition coefficient (Wildman–Crippen LogP) is 1.65. The molecule has 0 aliphatic heterocycles. The lowest BCUT2D eigenvalue weighted by atomic mass is 10.2. The van der Waals surface area contributed by atoms with Crippen LogP contribution in [0.15, 0.2) is 6.07 Å². The Kier molecular flexibility index (Phi) is 1.93. The van der Waals surface area contributed by atoms with Gasteiger partial charge in [-0.3, -0.25) is 5.10 Å². The van der Waals surface area contributed by atoms with Crippen molar-refractivity contribution in [2.75, 3.05) is 5.73 Å². The van der Waals surface area contributed by atoms with Crippen LogP contribution < -0.4 is 5.73 Å². The highest BCUT2D eigenvalue weighted by molar-refractivity contribution is 5.30. The van der Waals surface area contributed by atoms with E-state index in [1.54, 1.807) is 5.10 Å². The largest absolute Gasteiger partial charge is 0.459 e. The molecule has 3 nitrogen and oxygen atoms in total. The van der Waals surface area contributed by atoms with Crippen molar-refractivity contribution < 1.29 is 22.0 Å². The lowest BCUT2D eigenvalue weighted by Crippen LogP contribution is -2.34. The number of nitrogens with two attached hydrogens (primary N) is 1. The Balaban J connectivity index is 3.07. The van der Waals surface area contributed by atoms with Gasteiger partial charge in [0.1, 0.15) is 11.5 Å². The maximum Gasteiger partial charge on any atom is 0.459 e. The fourth-order valence-corrected chi connectivity index (χ4v) is 0.643. The minimum atomic E-state index is -5.66. The van der Waals surface area contributed by atoms with E-state index in [4.69, 9.17) is 5.73 Å². The zero-order valence-corrected chi connectivity index (χ0v) is 5.99. The number of nitrogens with zero attached hydrogens (tertiary/aromatic N) is 1. The highest BCUT2D eigenvalue weighted by Gasteiger charge is 2.60. The van der Waals surface area contributed by atoms with Crippen molar-refractivity contribution in [1.82, 2.24) is 10.2 Å². The number of nitrogens with one attached hydrogen (secondary N) is 1. The zero-order valence-electron chi connectivity index (χ0n) is 5.99. The molecule has 0 radical (unpaired) electrons. The number of H-pyrrole nitrogens is 1. The molecule has 1 rings (SSSR count). The summed E-state index contributed by atoms with van der Waals surface area (Å²) >= 11 is 0. The third-order valence-corrected chi connectivity index (χ3v) is 1.28. The van der Waals surface area contributed by atoms with Crippen molar-refractivity contribution in [1.29, 1.82) is 0 Å². The van der Waals surface area contributed by atoms with Gasteiger partial charge in [-0.15, -0.1) is 0 Å². The van der Waals surface area contributed by atoms with Crippen molar-refractivity contribution in [2.24, 2.45) is 0 Å². The quantitative estimate of drug-likeness (QED) is 0.678. The van der Waals surface area contributed by atoms with Crippen LogP contribution in [0, 0.1) is 0 Å². The van der Waals surface area contributed by atoms with Crippen molar-refractivity contribution in [2.45, 2.75) is 12.1 Å². The maximum absolute atomic E-state index is 12.4. The Labute approximate surface area is 68.7 Å². The second-order valence-electron chi connectivity index (χ2n) is 2.28. The molecule has 3 N–H and O–H groups in total. The molecular weight excluding hydrogens is 197 g/mol.